The summed E-state index contributed by atoms with van der Waals surface area (Å²) in [6.45, 7) is 2.79. The lowest BCUT2D eigenvalue weighted by atomic mass is 10.2. The van der Waals surface area contributed by atoms with E-state index in [4.69, 9.17) is 4.74 Å². The van der Waals surface area contributed by atoms with E-state index in [1.54, 1.807) is 23.1 Å². The quantitative estimate of drug-likeness (QED) is 0.748. The van der Waals surface area contributed by atoms with Gasteiger partial charge in [-0.2, -0.15) is 15.0 Å². The average molecular weight is 386 g/mol. The van der Waals surface area contributed by atoms with Gasteiger partial charge in [-0.1, -0.05) is 18.2 Å². The summed E-state index contributed by atoms with van der Waals surface area (Å²) in [6.07, 6.45) is 2.72. The normalized spacial score (nSPS) is 14.3. The fourth-order valence-electron chi connectivity index (χ4n) is 2.58. The van der Waals surface area contributed by atoms with Crippen molar-refractivity contribution in [3.8, 4) is 0 Å². The van der Waals surface area contributed by atoms with Gasteiger partial charge in [-0.05, 0) is 12.1 Å². The van der Waals surface area contributed by atoms with Crippen LogP contribution < -0.4 is 15.1 Å². The first-order valence-corrected chi connectivity index (χ1v) is 8.98. The molecule has 148 valence electrons. The van der Waals surface area contributed by atoms with Crippen LogP contribution in [0.4, 0.5) is 16.3 Å². The fraction of sp³-hybridized carbons (Fsp3) is 0.368. The van der Waals surface area contributed by atoms with Crippen molar-refractivity contribution in [2.75, 3.05) is 50.2 Å². The molecule has 1 aliphatic rings. The summed E-state index contributed by atoms with van der Waals surface area (Å²) >= 11 is 0. The van der Waals surface area contributed by atoms with Crippen LogP contribution in [-0.2, 0) is 16.1 Å². The molecule has 3 rings (SSSR count). The number of amides is 1. The number of rotatable bonds is 6. The number of hydrogen-bond donors (Lipinski definition) is 1. The van der Waals surface area contributed by atoms with Gasteiger partial charge in [0, 0.05) is 38.8 Å². The Labute approximate surface area is 163 Å². The van der Waals surface area contributed by atoms with E-state index in [-0.39, 0.29) is 18.3 Å². The molecule has 0 bridgehead atoms. The molecule has 1 saturated heterocycles. The SMILES string of the molecule is CN(C)c1nc(CNC(=O)/C=C/c2ccccc2F)nc(N2CCOCC2)n1. The lowest BCUT2D eigenvalue weighted by Gasteiger charge is -2.27. The molecule has 1 aromatic heterocycles. The Kier molecular flexibility index (Phi) is 6.49. The van der Waals surface area contributed by atoms with Gasteiger partial charge in [0.25, 0.3) is 0 Å². The van der Waals surface area contributed by atoms with Gasteiger partial charge in [0.15, 0.2) is 5.82 Å². The van der Waals surface area contributed by atoms with Crippen molar-refractivity contribution in [3.63, 3.8) is 0 Å². The van der Waals surface area contributed by atoms with Crippen molar-refractivity contribution in [1.29, 1.82) is 0 Å². The first kappa shape index (κ1) is 19.7. The molecular weight excluding hydrogens is 363 g/mol. The molecule has 1 amide bonds. The highest BCUT2D eigenvalue weighted by atomic mass is 19.1. The van der Waals surface area contributed by atoms with Crippen LogP contribution in [-0.4, -0.2) is 61.3 Å². The number of morpholine rings is 1. The topological polar surface area (TPSA) is 83.5 Å². The van der Waals surface area contributed by atoms with Gasteiger partial charge >= 0.3 is 0 Å². The zero-order valence-electron chi connectivity index (χ0n) is 15.9. The molecule has 0 unspecified atom stereocenters. The van der Waals surface area contributed by atoms with Crippen molar-refractivity contribution < 1.29 is 13.9 Å². The lowest BCUT2D eigenvalue weighted by molar-refractivity contribution is -0.116. The van der Waals surface area contributed by atoms with Gasteiger partial charge in [0.05, 0.1) is 19.8 Å². The number of halogens is 1. The third-order valence-corrected chi connectivity index (χ3v) is 4.09. The Morgan fingerprint density at radius 3 is 2.71 bits per heavy atom. The maximum Gasteiger partial charge on any atom is 0.244 e. The number of nitrogens with one attached hydrogen (secondary N) is 1. The van der Waals surface area contributed by atoms with Crippen molar-refractivity contribution in [1.82, 2.24) is 20.3 Å². The van der Waals surface area contributed by atoms with Crippen LogP contribution in [0.3, 0.4) is 0 Å². The first-order chi connectivity index (χ1) is 13.5. The Balaban J connectivity index is 1.68. The smallest absolute Gasteiger partial charge is 0.244 e. The fourth-order valence-corrected chi connectivity index (χ4v) is 2.58. The van der Waals surface area contributed by atoms with E-state index in [1.165, 1.54) is 18.2 Å². The highest BCUT2D eigenvalue weighted by Crippen LogP contribution is 2.14. The number of anilines is 2. The van der Waals surface area contributed by atoms with Crippen LogP contribution in [0.25, 0.3) is 6.08 Å². The molecule has 0 spiro atoms. The summed E-state index contributed by atoms with van der Waals surface area (Å²) in [5, 5.41) is 2.72. The molecule has 0 atom stereocenters. The van der Waals surface area contributed by atoms with Crippen molar-refractivity contribution in [3.05, 3.63) is 47.5 Å². The molecule has 2 aromatic rings. The molecule has 1 aromatic carbocycles. The molecule has 0 radical (unpaired) electrons. The van der Waals surface area contributed by atoms with E-state index in [2.05, 4.69) is 20.3 Å². The second kappa shape index (κ2) is 9.23. The zero-order chi connectivity index (χ0) is 19.9. The minimum absolute atomic E-state index is 0.140. The summed E-state index contributed by atoms with van der Waals surface area (Å²) in [6, 6.07) is 6.25. The van der Waals surface area contributed by atoms with Crippen molar-refractivity contribution in [2.24, 2.45) is 0 Å². The molecule has 0 saturated carbocycles. The number of carbonyl (C=O) groups is 1. The predicted molar refractivity (Wildman–Crippen MR) is 104 cm³/mol. The Bertz CT molecular complexity index is 852. The average Bonchev–Trinajstić information content (AvgIpc) is 2.72. The van der Waals surface area contributed by atoms with Crippen LogP contribution in [0.5, 0.6) is 0 Å². The summed E-state index contributed by atoms with van der Waals surface area (Å²) in [5.41, 5.74) is 0.349. The molecular formula is C19H23FN6O2. The standard InChI is InChI=1S/C19H23FN6O2/c1-25(2)18-22-16(23-19(24-18)26-9-11-28-12-10-26)13-21-17(27)8-7-14-5-3-4-6-15(14)20/h3-8H,9-13H2,1-2H3,(H,21,27)/b8-7+. The molecule has 0 aliphatic carbocycles. The number of hydrogen-bond acceptors (Lipinski definition) is 7. The van der Waals surface area contributed by atoms with Crippen LogP contribution in [0.1, 0.15) is 11.4 Å². The second-order valence-corrected chi connectivity index (χ2v) is 6.42. The van der Waals surface area contributed by atoms with Gasteiger partial charge in [-0.15, -0.1) is 0 Å². The van der Waals surface area contributed by atoms with Crippen LogP contribution >= 0.6 is 0 Å². The first-order valence-electron chi connectivity index (χ1n) is 8.98. The molecule has 8 nitrogen and oxygen atoms in total. The van der Waals surface area contributed by atoms with Crippen molar-refractivity contribution >= 4 is 23.9 Å². The third kappa shape index (κ3) is 5.23. The number of benzene rings is 1. The minimum atomic E-state index is -0.380. The number of ether oxygens (including phenoxy) is 1. The summed E-state index contributed by atoms with van der Waals surface area (Å²) in [4.78, 5) is 29.2. The summed E-state index contributed by atoms with van der Waals surface area (Å²) in [7, 11) is 3.69. The number of nitrogens with zero attached hydrogens (tertiary/aromatic N) is 5. The van der Waals surface area contributed by atoms with Crippen LogP contribution in [0.15, 0.2) is 30.3 Å². The highest BCUT2D eigenvalue weighted by molar-refractivity contribution is 5.91. The number of aromatic nitrogens is 3. The zero-order valence-corrected chi connectivity index (χ0v) is 15.9. The van der Waals surface area contributed by atoms with Crippen LogP contribution in [0.2, 0.25) is 0 Å². The third-order valence-electron chi connectivity index (χ3n) is 4.09. The van der Waals surface area contributed by atoms with E-state index in [0.29, 0.717) is 49.6 Å². The summed E-state index contributed by atoms with van der Waals surface area (Å²) < 4.78 is 19.0. The largest absolute Gasteiger partial charge is 0.378 e. The molecule has 1 N–H and O–H groups in total. The molecule has 28 heavy (non-hydrogen) atoms. The van der Waals surface area contributed by atoms with Gasteiger partial charge in [-0.25, -0.2) is 4.39 Å². The van der Waals surface area contributed by atoms with E-state index in [0.717, 1.165) is 0 Å². The number of carbonyl (C=O) groups excluding carboxylic acids is 1. The van der Waals surface area contributed by atoms with Gasteiger partial charge < -0.3 is 19.9 Å². The maximum absolute atomic E-state index is 13.6. The van der Waals surface area contributed by atoms with Gasteiger partial charge in [-0.3, -0.25) is 4.79 Å². The monoisotopic (exact) mass is 386 g/mol. The van der Waals surface area contributed by atoms with E-state index < -0.39 is 0 Å². The van der Waals surface area contributed by atoms with E-state index >= 15 is 0 Å². The predicted octanol–water partition coefficient (Wildman–Crippen LogP) is 1.24. The molecule has 2 heterocycles. The summed E-state index contributed by atoms with van der Waals surface area (Å²) in [5.74, 6) is 0.793. The van der Waals surface area contributed by atoms with Gasteiger partial charge in [0.2, 0.25) is 17.8 Å². The Morgan fingerprint density at radius 1 is 1.25 bits per heavy atom. The minimum Gasteiger partial charge on any atom is -0.378 e. The Morgan fingerprint density at radius 2 is 2.00 bits per heavy atom. The van der Waals surface area contributed by atoms with Crippen LogP contribution in [0, 0.1) is 5.82 Å². The molecule has 1 fully saturated rings. The van der Waals surface area contributed by atoms with E-state index in [9.17, 15) is 9.18 Å². The van der Waals surface area contributed by atoms with E-state index in [1.807, 2.05) is 19.0 Å². The lowest BCUT2D eigenvalue weighted by Crippen LogP contribution is -2.38. The van der Waals surface area contributed by atoms with Crippen molar-refractivity contribution in [2.45, 2.75) is 6.54 Å². The Hall–Kier alpha value is -3.07. The van der Waals surface area contributed by atoms with Gasteiger partial charge in [0.1, 0.15) is 5.82 Å². The second-order valence-electron chi connectivity index (χ2n) is 6.42. The maximum atomic E-state index is 13.6. The molecule has 1 aliphatic heterocycles. The highest BCUT2D eigenvalue weighted by Gasteiger charge is 2.17. The molecule has 9 heteroatoms.